The average molecular weight is 499 g/mol. The van der Waals surface area contributed by atoms with E-state index in [0.29, 0.717) is 18.7 Å². The fraction of sp³-hybridized carbons (Fsp3) is 0.333. The van der Waals surface area contributed by atoms with Crippen molar-refractivity contribution in [1.29, 1.82) is 0 Å². The van der Waals surface area contributed by atoms with Crippen LogP contribution in [0, 0.1) is 11.6 Å². The molecule has 1 aliphatic rings. The number of hydrogen-bond donors (Lipinski definition) is 0. The molecule has 0 bridgehead atoms. The smallest absolute Gasteiger partial charge is 0.257 e. The van der Waals surface area contributed by atoms with Crippen molar-refractivity contribution in [1.82, 2.24) is 9.80 Å². The number of carbonyl (C=O) groups is 2. The number of carbonyl (C=O) groups excluding carboxylic acids is 2. The molecular weight excluding hydrogens is 470 g/mol. The summed E-state index contributed by atoms with van der Waals surface area (Å²) < 4.78 is 33.6. The second-order valence-corrected chi connectivity index (χ2v) is 10.5. The zero-order valence-corrected chi connectivity index (χ0v) is 20.8. The van der Waals surface area contributed by atoms with Gasteiger partial charge in [-0.1, -0.05) is 12.1 Å². The van der Waals surface area contributed by atoms with Crippen LogP contribution in [0.25, 0.3) is 0 Å². The predicted octanol–water partition coefficient (Wildman–Crippen LogP) is 5.47. The van der Waals surface area contributed by atoms with Crippen LogP contribution >= 0.6 is 11.3 Å². The minimum absolute atomic E-state index is 0.0646. The molecule has 2 amide bonds. The maximum absolute atomic E-state index is 14.4. The number of nitrogens with zero attached hydrogens (tertiary/aromatic N) is 2. The Labute approximate surface area is 207 Å². The number of amides is 2. The van der Waals surface area contributed by atoms with Crippen molar-refractivity contribution >= 4 is 23.2 Å². The quantitative estimate of drug-likeness (QED) is 0.453. The molecule has 0 aliphatic carbocycles. The molecule has 0 N–H and O–H groups in total. The van der Waals surface area contributed by atoms with Gasteiger partial charge in [0.05, 0.1) is 11.6 Å². The highest BCUT2D eigenvalue weighted by atomic mass is 32.1. The van der Waals surface area contributed by atoms with Gasteiger partial charge in [0.2, 0.25) is 5.91 Å². The summed E-state index contributed by atoms with van der Waals surface area (Å²) in [4.78, 5) is 31.2. The van der Waals surface area contributed by atoms with Crippen LogP contribution < -0.4 is 4.74 Å². The molecule has 2 aromatic carbocycles. The molecule has 0 radical (unpaired) electrons. The lowest BCUT2D eigenvalue weighted by Gasteiger charge is -2.40. The predicted molar refractivity (Wildman–Crippen MR) is 132 cm³/mol. The molecule has 1 atom stereocenters. The minimum Gasteiger partial charge on any atom is -0.491 e. The Hall–Kier alpha value is -3.26. The molecule has 0 saturated heterocycles. The first-order valence-corrected chi connectivity index (χ1v) is 12.3. The molecule has 184 valence electrons. The minimum atomic E-state index is -0.710. The monoisotopic (exact) mass is 498 g/mol. The lowest BCUT2D eigenvalue weighted by atomic mass is 9.99. The number of ether oxygens (including phenoxy) is 1. The number of rotatable bonds is 6. The first-order valence-electron chi connectivity index (χ1n) is 11.5. The van der Waals surface area contributed by atoms with E-state index >= 15 is 0 Å². The Kier molecular flexibility index (Phi) is 7.21. The van der Waals surface area contributed by atoms with Gasteiger partial charge < -0.3 is 14.5 Å². The third-order valence-electron chi connectivity index (χ3n) is 6.09. The van der Waals surface area contributed by atoms with Gasteiger partial charge in [-0.3, -0.25) is 9.59 Å². The maximum atomic E-state index is 14.4. The standard InChI is InChI=1S/C27H28F2N2O3S/c1-27(2,3)31(26(33)20-6-4-5-7-22(20)29)16-25(32)30-14-12-24-21(13-15-35-24)23(30)17-34-19-10-8-18(28)9-11-19/h4-11,13,15,23H,12,14,16-17H2,1-3H3/t23-/m0/s1. The van der Waals surface area contributed by atoms with Gasteiger partial charge in [-0.05, 0) is 80.6 Å². The summed E-state index contributed by atoms with van der Waals surface area (Å²) in [5, 5.41) is 1.99. The summed E-state index contributed by atoms with van der Waals surface area (Å²) in [6.07, 6.45) is 0.711. The molecule has 3 aromatic rings. The SMILES string of the molecule is CC(C)(C)N(CC(=O)N1CCc2sccc2[C@@H]1COc1ccc(F)cc1)C(=O)c1ccccc1F. The van der Waals surface area contributed by atoms with Gasteiger partial charge in [0, 0.05) is 17.0 Å². The van der Waals surface area contributed by atoms with E-state index in [2.05, 4.69) is 0 Å². The third-order valence-corrected chi connectivity index (χ3v) is 7.09. The van der Waals surface area contributed by atoms with Crippen molar-refractivity contribution in [2.45, 2.75) is 38.8 Å². The van der Waals surface area contributed by atoms with E-state index in [1.807, 2.05) is 32.2 Å². The van der Waals surface area contributed by atoms with Crippen LogP contribution in [0.4, 0.5) is 8.78 Å². The number of fused-ring (bicyclic) bond motifs is 1. The normalized spacial score (nSPS) is 15.5. The molecule has 1 aromatic heterocycles. The van der Waals surface area contributed by atoms with Gasteiger partial charge in [-0.25, -0.2) is 8.78 Å². The Morgan fingerprint density at radius 1 is 1.09 bits per heavy atom. The third kappa shape index (κ3) is 5.53. The van der Waals surface area contributed by atoms with Crippen molar-refractivity contribution in [2.75, 3.05) is 19.7 Å². The Bertz CT molecular complexity index is 1200. The lowest BCUT2D eigenvalue weighted by Crippen LogP contribution is -2.53. The van der Waals surface area contributed by atoms with Gasteiger partial charge in [0.1, 0.15) is 30.5 Å². The molecule has 0 saturated carbocycles. The topological polar surface area (TPSA) is 49.9 Å². The van der Waals surface area contributed by atoms with E-state index < -0.39 is 17.3 Å². The molecule has 0 spiro atoms. The van der Waals surface area contributed by atoms with Gasteiger partial charge in [-0.2, -0.15) is 0 Å². The van der Waals surface area contributed by atoms with E-state index in [-0.39, 0.29) is 36.5 Å². The summed E-state index contributed by atoms with van der Waals surface area (Å²) in [6.45, 7) is 5.95. The molecule has 4 rings (SSSR count). The van der Waals surface area contributed by atoms with Crippen LogP contribution in [0.5, 0.6) is 5.75 Å². The number of benzene rings is 2. The molecule has 35 heavy (non-hydrogen) atoms. The summed E-state index contributed by atoms with van der Waals surface area (Å²) in [6, 6.07) is 13.2. The number of thiophene rings is 1. The molecule has 2 heterocycles. The van der Waals surface area contributed by atoms with Gasteiger partial charge >= 0.3 is 0 Å². The number of hydrogen-bond acceptors (Lipinski definition) is 4. The highest BCUT2D eigenvalue weighted by Crippen LogP contribution is 2.34. The maximum Gasteiger partial charge on any atom is 0.257 e. The van der Waals surface area contributed by atoms with Gasteiger partial charge in [0.25, 0.3) is 5.91 Å². The molecular formula is C27H28F2N2O3S. The second-order valence-electron chi connectivity index (χ2n) is 9.46. The zero-order chi connectivity index (χ0) is 25.2. The Morgan fingerprint density at radius 2 is 1.80 bits per heavy atom. The van der Waals surface area contributed by atoms with E-state index in [0.717, 1.165) is 5.56 Å². The second kappa shape index (κ2) is 10.2. The highest BCUT2D eigenvalue weighted by molar-refractivity contribution is 7.10. The Balaban J connectivity index is 1.57. The fourth-order valence-electron chi connectivity index (χ4n) is 4.20. The largest absolute Gasteiger partial charge is 0.491 e. The van der Waals surface area contributed by atoms with Crippen LogP contribution in [-0.2, 0) is 11.2 Å². The van der Waals surface area contributed by atoms with Crippen molar-refractivity contribution in [3.05, 3.63) is 87.6 Å². The van der Waals surface area contributed by atoms with E-state index in [4.69, 9.17) is 4.74 Å². The van der Waals surface area contributed by atoms with Crippen LogP contribution in [0.1, 0.15) is 47.6 Å². The summed E-state index contributed by atoms with van der Waals surface area (Å²) in [5.41, 5.74) is 0.239. The zero-order valence-electron chi connectivity index (χ0n) is 20.0. The lowest BCUT2D eigenvalue weighted by molar-refractivity contribution is -0.136. The van der Waals surface area contributed by atoms with Gasteiger partial charge in [-0.15, -0.1) is 11.3 Å². The molecule has 5 nitrogen and oxygen atoms in total. The Morgan fingerprint density at radius 3 is 2.49 bits per heavy atom. The van der Waals surface area contributed by atoms with E-state index in [9.17, 15) is 18.4 Å². The molecule has 0 fully saturated rings. The van der Waals surface area contributed by atoms with Crippen LogP contribution in [0.3, 0.4) is 0 Å². The van der Waals surface area contributed by atoms with Crippen LogP contribution in [-0.4, -0.2) is 46.8 Å². The fourth-order valence-corrected chi connectivity index (χ4v) is 5.13. The van der Waals surface area contributed by atoms with Crippen LogP contribution in [0.2, 0.25) is 0 Å². The first kappa shape index (κ1) is 24.9. The molecule has 0 unspecified atom stereocenters. The average Bonchev–Trinajstić information content (AvgIpc) is 3.30. The summed E-state index contributed by atoms with van der Waals surface area (Å²) >= 11 is 1.64. The molecule has 1 aliphatic heterocycles. The van der Waals surface area contributed by atoms with E-state index in [1.165, 1.54) is 40.1 Å². The van der Waals surface area contributed by atoms with Crippen LogP contribution in [0.15, 0.2) is 60.0 Å². The summed E-state index contributed by atoms with van der Waals surface area (Å²) in [7, 11) is 0. The summed E-state index contributed by atoms with van der Waals surface area (Å²) in [5.74, 6) is -1.24. The van der Waals surface area contributed by atoms with Crippen molar-refractivity contribution in [3.63, 3.8) is 0 Å². The van der Waals surface area contributed by atoms with Crippen molar-refractivity contribution in [2.24, 2.45) is 0 Å². The first-order chi connectivity index (χ1) is 16.6. The highest BCUT2D eigenvalue weighted by Gasteiger charge is 2.36. The van der Waals surface area contributed by atoms with Crippen molar-refractivity contribution in [3.8, 4) is 5.75 Å². The van der Waals surface area contributed by atoms with E-state index in [1.54, 1.807) is 34.4 Å². The molecule has 8 heteroatoms. The van der Waals surface area contributed by atoms with Gasteiger partial charge in [0.15, 0.2) is 0 Å². The number of halogens is 2. The van der Waals surface area contributed by atoms with Crippen molar-refractivity contribution < 1.29 is 23.1 Å².